The molecule has 27 nitrogen and oxygen atoms in total. The van der Waals surface area contributed by atoms with Gasteiger partial charge in [-0.2, -0.15) is 21.0 Å². The van der Waals surface area contributed by atoms with E-state index in [1.807, 2.05) is 59.5 Å². The van der Waals surface area contributed by atoms with Gasteiger partial charge in [-0.15, -0.1) is 0 Å². The van der Waals surface area contributed by atoms with Crippen molar-refractivity contribution in [2.75, 3.05) is 148 Å². The third-order valence-corrected chi connectivity index (χ3v) is 19.7. The fourth-order valence-electron chi connectivity index (χ4n) is 13.6. The smallest absolute Gasteiger partial charge is 0.241 e. The molecule has 0 aliphatic carbocycles. The number of morpholine rings is 1. The van der Waals surface area contributed by atoms with E-state index in [9.17, 15) is 30.9 Å². The highest BCUT2D eigenvalue weighted by atomic mass is 16.5. The summed E-state index contributed by atoms with van der Waals surface area (Å²) in [5, 5.41) is 64.2. The summed E-state index contributed by atoms with van der Waals surface area (Å²) in [7, 11) is 0. The van der Waals surface area contributed by atoms with Gasteiger partial charge >= 0.3 is 0 Å². The van der Waals surface area contributed by atoms with Gasteiger partial charge in [0.15, 0.2) is 17.5 Å². The third kappa shape index (κ3) is 18.7. The van der Waals surface area contributed by atoms with Crippen molar-refractivity contribution in [2.24, 2.45) is 0 Å². The van der Waals surface area contributed by atoms with Gasteiger partial charge in [0.25, 0.3) is 0 Å². The number of carbonyl (C=O) groups is 1. The molecule has 9 aromatic rings. The summed E-state index contributed by atoms with van der Waals surface area (Å²) in [4.78, 5) is 48.8. The number of aliphatic hydroxyl groups excluding tert-OH is 1. The first kappa shape index (κ1) is 73.0. The van der Waals surface area contributed by atoms with E-state index >= 15 is 0 Å². The van der Waals surface area contributed by atoms with Crippen molar-refractivity contribution < 1.29 is 38.3 Å². The molecular weight excluding hydrogens is 1370 g/mol. The maximum atomic E-state index is 12.4. The number of nitriles is 4. The Morgan fingerprint density at radius 3 is 1.44 bits per heavy atom. The molecular formula is C81H83N19O8. The van der Waals surface area contributed by atoms with E-state index in [1.54, 1.807) is 67.1 Å². The van der Waals surface area contributed by atoms with Crippen LogP contribution in [0.15, 0.2) is 158 Å². The van der Waals surface area contributed by atoms with Gasteiger partial charge in [-0.05, 0) is 159 Å². The highest BCUT2D eigenvalue weighted by Crippen LogP contribution is 2.34. The lowest BCUT2D eigenvalue weighted by atomic mass is 10.0. The Morgan fingerprint density at radius 1 is 0.481 bits per heavy atom. The van der Waals surface area contributed by atoms with E-state index in [0.29, 0.717) is 137 Å². The van der Waals surface area contributed by atoms with Crippen LogP contribution >= 0.6 is 0 Å². The lowest BCUT2D eigenvalue weighted by molar-refractivity contribution is -0.117. The van der Waals surface area contributed by atoms with Crippen molar-refractivity contribution in [2.45, 2.75) is 68.9 Å². The molecule has 0 saturated carbocycles. The van der Waals surface area contributed by atoms with Crippen LogP contribution in [0.2, 0.25) is 0 Å². The summed E-state index contributed by atoms with van der Waals surface area (Å²) in [5.41, 5.74) is 10.3. The second-order valence-electron chi connectivity index (χ2n) is 27.0. The van der Waals surface area contributed by atoms with E-state index in [1.165, 1.54) is 11.4 Å². The molecule has 10 heterocycles. The fourth-order valence-corrected chi connectivity index (χ4v) is 13.6. The van der Waals surface area contributed by atoms with Crippen LogP contribution in [0.1, 0.15) is 60.8 Å². The molecule has 1 amide bonds. The topological polar surface area (TPSA) is 338 Å². The van der Waals surface area contributed by atoms with Gasteiger partial charge in [0, 0.05) is 142 Å². The van der Waals surface area contributed by atoms with Crippen LogP contribution in [0.5, 0.6) is 11.5 Å². The number of hydrogen-bond donors (Lipinski definition) is 6. The third-order valence-electron chi connectivity index (χ3n) is 19.7. The Labute approximate surface area is 626 Å². The molecule has 27 heteroatoms. The number of nitrogens with zero attached hydrogens (tertiary/aromatic N) is 14. The molecule has 6 aromatic carbocycles. The highest BCUT2D eigenvalue weighted by Gasteiger charge is 2.31. The number of β-amino-alcohol motifs (C(OH)–C–C–N with tert-alkyl or cyclic N) is 1. The number of anilines is 10. The van der Waals surface area contributed by atoms with E-state index in [2.05, 4.69) is 132 Å². The summed E-state index contributed by atoms with van der Waals surface area (Å²) in [5.74, 6) is 4.43. The molecule has 6 N–H and O–H groups in total. The molecule has 0 radical (unpaired) electrons. The van der Waals surface area contributed by atoms with Gasteiger partial charge in [-0.25, -0.2) is 29.9 Å². The van der Waals surface area contributed by atoms with E-state index in [0.717, 1.165) is 133 Å². The molecule has 1 atom stereocenters. The molecule has 0 bridgehead atoms. The van der Waals surface area contributed by atoms with Crippen LogP contribution in [-0.2, 0) is 23.7 Å². The second-order valence-corrected chi connectivity index (χ2v) is 27.0. The van der Waals surface area contributed by atoms with Gasteiger partial charge < -0.3 is 74.8 Å². The van der Waals surface area contributed by atoms with Crippen LogP contribution in [0, 0.1) is 45.3 Å². The Morgan fingerprint density at radius 2 is 0.944 bits per heavy atom. The number of ether oxygens (including phenoxy) is 6. The quantitative estimate of drug-likeness (QED) is 0.0438. The Kier molecular flexibility index (Phi) is 24.0. The van der Waals surface area contributed by atoms with Crippen molar-refractivity contribution in [1.29, 1.82) is 21.0 Å². The SMILES string of the molecule is N#Cc1cc(-c2nccc(Nc3ccc(N4CCN(C5COC5)CC4)cc3)n2)ccc1N1CC(O)C1.N#Cc1cc(-c2nccc(Nc3ccc(N4CCOCC4)cc3)n2)ccc1NC(=O)[C@@H]1CCCN1.N#Cc1cc(Nc2ccnc(-c3ccc(OC4CCOCC4)c(C#N)c3)n2)ccc1OC1CCOCC1. The van der Waals surface area contributed by atoms with E-state index in [4.69, 9.17) is 28.4 Å². The molecule has 3 aromatic heterocycles. The molecule has 7 aliphatic heterocycles. The van der Waals surface area contributed by atoms with Crippen LogP contribution in [-0.4, -0.2) is 188 Å². The number of piperazine rings is 1. The van der Waals surface area contributed by atoms with E-state index in [-0.39, 0.29) is 30.3 Å². The first-order valence-corrected chi connectivity index (χ1v) is 36.6. The molecule has 16 rings (SSSR count). The minimum Gasteiger partial charge on any atom is -0.489 e. The standard InChI is InChI=1S/C28H27N5O4.C27H29N7O2.C26H27N7O2/c29-17-20-15-19(1-3-25(20)36-23-6-11-34-12-7-23)28-31-10-5-27(33-28)32-22-2-4-26(21(16-22)18-30)37-24-8-13-35-14-9-24;28-14-20-13-19(1-6-25(20)34-15-24(35)16-34)27-29-8-7-26(31-27)30-21-2-4-22(5-3-21)32-9-11-33(12-10-32)23-17-36-18-23;27-17-19-16-18(3-8-22(19)31-26(34)23-2-1-10-28-23)25-29-11-9-24(32-25)30-20-4-6-21(7-5-20)33-12-14-35-15-13-33/h1-5,10,15-16,23-24H,6-9,11-14H2,(H,31,32,33);1-8,13,23-24,35H,9-12,15-18H2,(H,29,30,31);3-9,11,16,23,28H,1-2,10,12-15H2,(H,31,34)(H,29,30,32)/t;;23-/m..0/s1. The predicted octanol–water partition coefficient (Wildman–Crippen LogP) is 10.5. The highest BCUT2D eigenvalue weighted by molar-refractivity contribution is 5.96. The Bertz CT molecular complexity index is 4750. The summed E-state index contributed by atoms with van der Waals surface area (Å²) in [6, 6.07) is 53.0. The lowest BCUT2D eigenvalue weighted by Crippen LogP contribution is -2.56. The van der Waals surface area contributed by atoms with Gasteiger partial charge in [-0.3, -0.25) is 9.69 Å². The first-order valence-electron chi connectivity index (χ1n) is 36.6. The average Bonchev–Trinajstić information content (AvgIpc) is 0.815. The molecule has 7 saturated heterocycles. The van der Waals surface area contributed by atoms with Crippen molar-refractivity contribution >= 4 is 63.2 Å². The predicted molar refractivity (Wildman–Crippen MR) is 409 cm³/mol. The minimum atomic E-state index is -0.325. The van der Waals surface area contributed by atoms with Crippen LogP contribution in [0.4, 0.5) is 57.3 Å². The molecule has 7 aliphatic rings. The number of carbonyl (C=O) groups excluding carboxylic acids is 1. The number of rotatable bonds is 19. The molecule has 0 unspecified atom stereocenters. The maximum absolute atomic E-state index is 12.4. The van der Waals surface area contributed by atoms with Gasteiger partial charge in [0.1, 0.15) is 65.4 Å². The van der Waals surface area contributed by atoms with Gasteiger partial charge in [0.05, 0.1) is 105 Å². The Hall–Kier alpha value is -11.9. The van der Waals surface area contributed by atoms with Crippen molar-refractivity contribution in [1.82, 2.24) is 40.1 Å². The molecule has 0 spiro atoms. The largest absolute Gasteiger partial charge is 0.489 e. The van der Waals surface area contributed by atoms with E-state index < -0.39 is 0 Å². The van der Waals surface area contributed by atoms with Crippen LogP contribution in [0.25, 0.3) is 34.2 Å². The number of nitrogens with one attached hydrogen (secondary N) is 5. The van der Waals surface area contributed by atoms with Crippen molar-refractivity contribution in [3.8, 4) is 69.9 Å². The average molecular weight is 1450 g/mol. The van der Waals surface area contributed by atoms with Gasteiger partial charge in [-0.1, -0.05) is 0 Å². The normalized spacial score (nSPS) is 17.6. The monoisotopic (exact) mass is 1450 g/mol. The molecule has 108 heavy (non-hydrogen) atoms. The Balaban J connectivity index is 0.000000136. The van der Waals surface area contributed by atoms with Crippen molar-refractivity contribution in [3.63, 3.8) is 0 Å². The number of aliphatic hydroxyl groups is 1. The zero-order valence-corrected chi connectivity index (χ0v) is 59.7. The maximum Gasteiger partial charge on any atom is 0.241 e. The number of hydrogen-bond acceptors (Lipinski definition) is 26. The number of aromatic nitrogens is 6. The summed E-state index contributed by atoms with van der Waals surface area (Å²) in [6.45, 7) is 13.9. The second kappa shape index (κ2) is 35.5. The van der Waals surface area contributed by atoms with Crippen LogP contribution < -0.4 is 50.8 Å². The zero-order valence-electron chi connectivity index (χ0n) is 59.7. The molecule has 7 fully saturated rings. The van der Waals surface area contributed by atoms with Crippen molar-refractivity contribution in [3.05, 3.63) is 180 Å². The number of benzene rings is 6. The summed E-state index contributed by atoms with van der Waals surface area (Å²) < 4.78 is 33.6. The van der Waals surface area contributed by atoms with Crippen LogP contribution in [0.3, 0.4) is 0 Å². The molecule has 550 valence electrons. The van der Waals surface area contributed by atoms with Gasteiger partial charge in [0.2, 0.25) is 5.91 Å². The minimum absolute atomic E-state index is 0.0437. The zero-order chi connectivity index (χ0) is 74.0. The fraction of sp³-hybridized carbons (Fsp3) is 0.346. The summed E-state index contributed by atoms with van der Waals surface area (Å²) >= 11 is 0. The first-order chi connectivity index (χ1) is 53.1. The number of amides is 1. The lowest BCUT2D eigenvalue weighted by Gasteiger charge is -2.43. The summed E-state index contributed by atoms with van der Waals surface area (Å²) in [6.07, 6.45) is 9.83.